The third-order valence-corrected chi connectivity index (χ3v) is 6.73. The zero-order chi connectivity index (χ0) is 24.6. The van der Waals surface area contributed by atoms with Crippen molar-refractivity contribution in [2.45, 2.75) is 17.9 Å². The number of H-pyrrole nitrogens is 1. The minimum atomic E-state index is -1.44. The Morgan fingerprint density at radius 2 is 1.83 bits per heavy atom. The van der Waals surface area contributed by atoms with Crippen molar-refractivity contribution in [1.29, 1.82) is 0 Å². The fraction of sp³-hybridized carbons (Fsp3) is 0.280. The number of amides is 2. The van der Waals surface area contributed by atoms with Crippen LogP contribution in [0.1, 0.15) is 34.0 Å². The van der Waals surface area contributed by atoms with Gasteiger partial charge in [0.1, 0.15) is 12.3 Å². The summed E-state index contributed by atoms with van der Waals surface area (Å²) in [7, 11) is 1.41. The van der Waals surface area contributed by atoms with Crippen molar-refractivity contribution in [3.63, 3.8) is 0 Å². The number of carbonyl (C=O) groups is 3. The fourth-order valence-corrected chi connectivity index (χ4v) is 4.74. The number of rotatable bonds is 6. The first-order valence-electron chi connectivity index (χ1n) is 11.2. The summed E-state index contributed by atoms with van der Waals surface area (Å²) in [5.74, 6) is -1.71. The second-order valence-electron chi connectivity index (χ2n) is 8.62. The number of aromatic nitrogens is 2. The predicted octanol–water partition coefficient (Wildman–Crippen LogP) is 3.09. The minimum absolute atomic E-state index is 0.0361. The van der Waals surface area contributed by atoms with Gasteiger partial charge < -0.3 is 19.5 Å². The molecular formula is C25H24N4O6. The molecule has 1 saturated heterocycles. The lowest BCUT2D eigenvalue weighted by Gasteiger charge is -2.32. The summed E-state index contributed by atoms with van der Waals surface area (Å²) in [4.78, 5) is 38.3. The number of likely N-dealkylation sites (N-methyl/N-ethyl adjacent to an activating group) is 1. The first-order valence-corrected chi connectivity index (χ1v) is 11.2. The van der Waals surface area contributed by atoms with Crippen LogP contribution in [-0.2, 0) is 14.3 Å². The number of carbonyl (C=O) groups excluding carboxylic acids is 2. The lowest BCUT2D eigenvalue weighted by atomic mass is 9.96. The van der Waals surface area contributed by atoms with Gasteiger partial charge in [0.25, 0.3) is 5.91 Å². The molecule has 1 fully saturated rings. The van der Waals surface area contributed by atoms with Crippen molar-refractivity contribution < 1.29 is 29.0 Å². The molecule has 1 aliphatic heterocycles. The normalized spacial score (nSPS) is 18.5. The molecular weight excluding hydrogens is 452 g/mol. The molecule has 10 heteroatoms. The van der Waals surface area contributed by atoms with Crippen LogP contribution in [0.3, 0.4) is 0 Å². The van der Waals surface area contributed by atoms with Gasteiger partial charge in [0.15, 0.2) is 11.4 Å². The second-order valence-corrected chi connectivity index (χ2v) is 8.62. The van der Waals surface area contributed by atoms with E-state index in [1.807, 2.05) is 36.4 Å². The van der Waals surface area contributed by atoms with Crippen molar-refractivity contribution in [3.05, 3.63) is 71.4 Å². The highest BCUT2D eigenvalue weighted by molar-refractivity contribution is 5.97. The van der Waals surface area contributed by atoms with Crippen molar-refractivity contribution in [2.24, 2.45) is 0 Å². The van der Waals surface area contributed by atoms with Gasteiger partial charge in [-0.15, -0.1) is 0 Å². The van der Waals surface area contributed by atoms with Crippen LogP contribution >= 0.6 is 0 Å². The van der Waals surface area contributed by atoms with Crippen LogP contribution in [0.2, 0.25) is 0 Å². The zero-order valence-corrected chi connectivity index (χ0v) is 19.0. The van der Waals surface area contributed by atoms with Crippen molar-refractivity contribution in [3.8, 4) is 11.1 Å². The molecule has 0 spiro atoms. The molecule has 2 aliphatic rings. The van der Waals surface area contributed by atoms with E-state index in [0.717, 1.165) is 27.2 Å². The zero-order valence-electron chi connectivity index (χ0n) is 19.0. The highest BCUT2D eigenvalue weighted by Crippen LogP contribution is 2.44. The maximum Gasteiger partial charge on any atom is 0.412 e. The Balaban J connectivity index is 1.23. The van der Waals surface area contributed by atoms with Gasteiger partial charge in [0.05, 0.1) is 6.61 Å². The van der Waals surface area contributed by atoms with Crippen LogP contribution in [0.4, 0.5) is 10.6 Å². The van der Waals surface area contributed by atoms with Crippen LogP contribution in [0.25, 0.3) is 11.1 Å². The smallest absolute Gasteiger partial charge is 0.412 e. The first kappa shape index (κ1) is 22.6. The summed E-state index contributed by atoms with van der Waals surface area (Å²) in [6.07, 6.45) is -0.527. The van der Waals surface area contributed by atoms with Gasteiger partial charge >= 0.3 is 12.1 Å². The maximum absolute atomic E-state index is 12.9. The van der Waals surface area contributed by atoms with Crippen molar-refractivity contribution in [2.75, 3.05) is 32.2 Å². The summed E-state index contributed by atoms with van der Waals surface area (Å²) in [5.41, 5.74) is 3.05. The molecule has 2 aromatic carbocycles. The molecule has 1 atom stereocenters. The lowest BCUT2D eigenvalue weighted by Crippen LogP contribution is -2.56. The Labute approximate surface area is 200 Å². The Morgan fingerprint density at radius 3 is 2.43 bits per heavy atom. The molecule has 0 radical (unpaired) electrons. The molecule has 0 saturated carbocycles. The van der Waals surface area contributed by atoms with Crippen molar-refractivity contribution >= 4 is 23.8 Å². The largest absolute Gasteiger partial charge is 0.479 e. The first-order chi connectivity index (χ1) is 16.9. The molecule has 180 valence electrons. The van der Waals surface area contributed by atoms with E-state index in [2.05, 4.69) is 27.6 Å². The summed E-state index contributed by atoms with van der Waals surface area (Å²) in [6, 6.07) is 17.4. The molecule has 5 rings (SSSR count). The van der Waals surface area contributed by atoms with Crippen LogP contribution in [0.5, 0.6) is 0 Å². The molecule has 3 aromatic rings. The van der Waals surface area contributed by atoms with E-state index < -0.39 is 23.5 Å². The monoisotopic (exact) mass is 476 g/mol. The number of ether oxygens (including phenoxy) is 2. The molecule has 2 heterocycles. The number of benzene rings is 2. The third kappa shape index (κ3) is 3.91. The summed E-state index contributed by atoms with van der Waals surface area (Å²) >= 11 is 0. The Morgan fingerprint density at radius 1 is 1.17 bits per heavy atom. The summed E-state index contributed by atoms with van der Waals surface area (Å²) < 4.78 is 10.7. The van der Waals surface area contributed by atoms with E-state index in [1.54, 1.807) is 0 Å². The highest BCUT2D eigenvalue weighted by atomic mass is 16.5. The Kier molecular flexibility index (Phi) is 5.73. The average Bonchev–Trinajstić information content (AvgIpc) is 3.60. The standard InChI is InChI=1S/C25H24N4O6/c1-29(25(23(31)32)10-11-34-14-25)22(30)20-12-21(28-27-20)26-24(33)35-13-19-17-8-4-2-6-15(17)16-7-3-5-9-18(16)19/h2-9,12,19H,10-11,13-14H2,1H3,(H,31,32)(H2,26,27,28,33). The van der Waals surface area contributed by atoms with Gasteiger partial charge in [-0.3, -0.25) is 15.2 Å². The van der Waals surface area contributed by atoms with Crippen LogP contribution in [0.15, 0.2) is 54.6 Å². The number of carboxylic acids is 1. The average molecular weight is 476 g/mol. The number of hydrogen-bond donors (Lipinski definition) is 3. The third-order valence-electron chi connectivity index (χ3n) is 6.73. The van der Waals surface area contributed by atoms with Gasteiger partial charge in [0.2, 0.25) is 0 Å². The summed E-state index contributed by atoms with van der Waals surface area (Å²) in [6.45, 7) is 0.297. The molecule has 1 unspecified atom stereocenters. The molecule has 2 amide bonds. The summed E-state index contributed by atoms with van der Waals surface area (Å²) in [5, 5.41) is 18.7. The number of anilines is 1. The number of fused-ring (bicyclic) bond motifs is 3. The van der Waals surface area contributed by atoms with Crippen LogP contribution in [0, 0.1) is 0 Å². The second kappa shape index (κ2) is 8.88. The van der Waals surface area contributed by atoms with Gasteiger partial charge in [-0.05, 0) is 22.3 Å². The number of aromatic amines is 1. The molecule has 0 bridgehead atoms. The number of nitrogens with zero attached hydrogens (tertiary/aromatic N) is 2. The Bertz CT molecular complexity index is 1250. The van der Waals surface area contributed by atoms with E-state index >= 15 is 0 Å². The number of nitrogens with one attached hydrogen (secondary N) is 2. The SMILES string of the molecule is CN(C(=O)c1cc(NC(=O)OCC2c3ccccc3-c3ccccc32)n[nH]1)C1(C(=O)O)CCOC1. The van der Waals surface area contributed by atoms with Gasteiger partial charge in [0, 0.05) is 32.1 Å². The minimum Gasteiger partial charge on any atom is -0.479 e. The molecule has 10 nitrogen and oxygen atoms in total. The maximum atomic E-state index is 12.9. The van der Waals surface area contributed by atoms with Crippen LogP contribution in [-0.4, -0.2) is 70.6 Å². The number of carboxylic acid groups (broad SMARTS) is 1. The highest BCUT2D eigenvalue weighted by Gasteiger charge is 2.48. The topological polar surface area (TPSA) is 134 Å². The molecule has 1 aliphatic carbocycles. The number of hydrogen-bond acceptors (Lipinski definition) is 6. The number of aliphatic carboxylic acids is 1. The molecule has 35 heavy (non-hydrogen) atoms. The van der Waals surface area contributed by atoms with Gasteiger partial charge in [-0.25, -0.2) is 9.59 Å². The molecule has 1 aromatic heterocycles. The predicted molar refractivity (Wildman–Crippen MR) is 125 cm³/mol. The van der Waals surface area contributed by atoms with E-state index in [0.29, 0.717) is 0 Å². The van der Waals surface area contributed by atoms with E-state index in [1.165, 1.54) is 13.1 Å². The van der Waals surface area contributed by atoms with Crippen LogP contribution < -0.4 is 5.32 Å². The van der Waals surface area contributed by atoms with E-state index in [9.17, 15) is 19.5 Å². The molecule has 3 N–H and O–H groups in total. The van der Waals surface area contributed by atoms with E-state index in [4.69, 9.17) is 9.47 Å². The Hall–Kier alpha value is -4.18. The fourth-order valence-electron chi connectivity index (χ4n) is 4.74. The van der Waals surface area contributed by atoms with Crippen molar-refractivity contribution in [1.82, 2.24) is 15.1 Å². The quantitative estimate of drug-likeness (QED) is 0.498. The van der Waals surface area contributed by atoms with E-state index in [-0.39, 0.29) is 43.7 Å². The lowest BCUT2D eigenvalue weighted by molar-refractivity contribution is -0.149. The van der Waals surface area contributed by atoms with Gasteiger partial charge in [-0.2, -0.15) is 5.10 Å². The van der Waals surface area contributed by atoms with Gasteiger partial charge in [-0.1, -0.05) is 48.5 Å².